The Kier molecular flexibility index (Phi) is 10.4. The molecular formula is C29H34FN3O4S2. The van der Waals surface area contributed by atoms with Crippen molar-refractivity contribution >= 4 is 33.3 Å². The summed E-state index contributed by atoms with van der Waals surface area (Å²) in [6, 6.07) is 17.2. The summed E-state index contributed by atoms with van der Waals surface area (Å²) in [5.74, 6) is -0.665. The molecule has 1 fully saturated rings. The number of thiophene rings is 1. The smallest absolute Gasteiger partial charge is 0.238 e. The second-order valence-electron chi connectivity index (χ2n) is 9.45. The van der Waals surface area contributed by atoms with Gasteiger partial charge in [0.05, 0.1) is 26.3 Å². The van der Waals surface area contributed by atoms with E-state index in [2.05, 4.69) is 4.90 Å². The van der Waals surface area contributed by atoms with Gasteiger partial charge in [0.1, 0.15) is 5.82 Å². The van der Waals surface area contributed by atoms with Gasteiger partial charge in [0, 0.05) is 43.0 Å². The molecule has 1 aromatic heterocycles. The molecule has 2 heterocycles. The Balaban J connectivity index is 1.55. The van der Waals surface area contributed by atoms with Crippen molar-refractivity contribution in [1.29, 1.82) is 0 Å². The minimum absolute atomic E-state index is 0.176. The van der Waals surface area contributed by atoms with Crippen molar-refractivity contribution < 1.29 is 22.3 Å². The Morgan fingerprint density at radius 3 is 2.44 bits per heavy atom. The van der Waals surface area contributed by atoms with Gasteiger partial charge >= 0.3 is 0 Å². The summed E-state index contributed by atoms with van der Waals surface area (Å²) < 4.78 is 47.1. The van der Waals surface area contributed by atoms with Gasteiger partial charge in [-0.05, 0) is 53.3 Å². The molecule has 1 amide bonds. The average molecular weight is 572 g/mol. The lowest BCUT2D eigenvalue weighted by atomic mass is 10.2. The molecule has 39 heavy (non-hydrogen) atoms. The number of nitrogens with zero attached hydrogens (tertiary/aromatic N) is 3. The lowest BCUT2D eigenvalue weighted by Crippen LogP contribution is -2.46. The second-order valence-corrected chi connectivity index (χ2v) is 12.3. The zero-order valence-electron chi connectivity index (χ0n) is 22.0. The fraction of sp³-hybridized carbons (Fsp3) is 0.345. The van der Waals surface area contributed by atoms with Gasteiger partial charge in [-0.1, -0.05) is 42.5 Å². The number of benzene rings is 2. The van der Waals surface area contributed by atoms with E-state index in [9.17, 15) is 17.6 Å². The zero-order chi connectivity index (χ0) is 27.7. The van der Waals surface area contributed by atoms with Crippen LogP contribution in [-0.2, 0) is 32.6 Å². The maximum absolute atomic E-state index is 13.7. The summed E-state index contributed by atoms with van der Waals surface area (Å²) in [7, 11) is -3.90. The normalized spacial score (nSPS) is 14.7. The predicted octanol–water partition coefficient (Wildman–Crippen LogP) is 4.36. The number of morpholine rings is 1. The number of ether oxygens (including phenoxy) is 1. The van der Waals surface area contributed by atoms with Gasteiger partial charge in [0.25, 0.3) is 0 Å². The van der Waals surface area contributed by atoms with Crippen LogP contribution in [0.5, 0.6) is 0 Å². The fourth-order valence-electron chi connectivity index (χ4n) is 4.22. The van der Waals surface area contributed by atoms with Crippen LogP contribution in [0.3, 0.4) is 0 Å². The lowest BCUT2D eigenvalue weighted by Gasteiger charge is -2.30. The van der Waals surface area contributed by atoms with Gasteiger partial charge in [0.15, 0.2) is 0 Å². The van der Waals surface area contributed by atoms with Gasteiger partial charge in [0.2, 0.25) is 15.9 Å². The highest BCUT2D eigenvalue weighted by Crippen LogP contribution is 2.20. The molecule has 1 aliphatic heterocycles. The molecule has 0 N–H and O–H groups in total. The third-order valence-electron chi connectivity index (χ3n) is 6.61. The molecule has 208 valence electrons. The number of amides is 1. The summed E-state index contributed by atoms with van der Waals surface area (Å²) in [5, 5.41) is 3.14. The van der Waals surface area contributed by atoms with Gasteiger partial charge in [-0.2, -0.15) is 4.31 Å². The molecule has 0 unspecified atom stereocenters. The summed E-state index contributed by atoms with van der Waals surface area (Å²) in [5.41, 5.74) is 2.59. The van der Waals surface area contributed by atoms with Crippen molar-refractivity contribution in [2.45, 2.75) is 20.0 Å². The van der Waals surface area contributed by atoms with Crippen LogP contribution in [-0.4, -0.2) is 74.4 Å². The number of carbonyl (C=O) groups excluding carboxylic acids is 1. The van der Waals surface area contributed by atoms with Crippen molar-refractivity contribution in [2.24, 2.45) is 0 Å². The Labute approximate surface area is 234 Å². The first-order valence-electron chi connectivity index (χ1n) is 12.9. The van der Waals surface area contributed by atoms with Crippen LogP contribution in [0.25, 0.3) is 6.08 Å². The number of hydrogen-bond acceptors (Lipinski definition) is 6. The third kappa shape index (κ3) is 8.81. The Morgan fingerprint density at radius 2 is 1.77 bits per heavy atom. The number of sulfonamides is 1. The maximum atomic E-state index is 13.7. The average Bonchev–Trinajstić information content (AvgIpc) is 3.35. The zero-order valence-corrected chi connectivity index (χ0v) is 23.7. The van der Waals surface area contributed by atoms with E-state index >= 15 is 0 Å². The molecule has 0 saturated carbocycles. The van der Waals surface area contributed by atoms with Gasteiger partial charge in [-0.15, -0.1) is 11.3 Å². The Morgan fingerprint density at radius 1 is 1.05 bits per heavy atom. The molecule has 0 radical (unpaired) electrons. The first-order chi connectivity index (χ1) is 18.8. The summed E-state index contributed by atoms with van der Waals surface area (Å²) >= 11 is 1.55. The summed E-state index contributed by atoms with van der Waals surface area (Å²) in [4.78, 5) is 18.5. The predicted molar refractivity (Wildman–Crippen MR) is 153 cm³/mol. The molecule has 1 aliphatic rings. The highest BCUT2D eigenvalue weighted by molar-refractivity contribution is 7.92. The number of rotatable bonds is 12. The standard InChI is InChI=1S/C29H34FN3O4S2/c1-24-11-19-38-28(24)22-32(21-26-7-9-27(30)10-8-26)29(34)23-33(14-13-31-15-17-37-18-16-31)39(35,36)20-12-25-5-3-2-4-6-25/h2-12,19-20H,13-18,21-23H2,1H3. The molecule has 4 rings (SSSR count). The van der Waals surface area contributed by atoms with Crippen molar-refractivity contribution in [2.75, 3.05) is 45.9 Å². The highest BCUT2D eigenvalue weighted by atomic mass is 32.2. The minimum Gasteiger partial charge on any atom is -0.379 e. The van der Waals surface area contributed by atoms with E-state index in [0.717, 1.165) is 34.7 Å². The number of carbonyl (C=O) groups is 1. The first-order valence-corrected chi connectivity index (χ1v) is 15.3. The molecule has 1 saturated heterocycles. The van der Waals surface area contributed by atoms with E-state index < -0.39 is 10.0 Å². The molecule has 0 bridgehead atoms. The summed E-state index contributed by atoms with van der Waals surface area (Å²) in [6.07, 6.45) is 1.55. The fourth-order valence-corrected chi connectivity index (χ4v) is 6.27. The van der Waals surface area contributed by atoms with E-state index in [4.69, 9.17) is 4.74 Å². The minimum atomic E-state index is -3.90. The van der Waals surface area contributed by atoms with Crippen LogP contribution < -0.4 is 0 Å². The van der Waals surface area contributed by atoms with E-state index in [1.165, 1.54) is 21.8 Å². The number of aryl methyl sites for hydroxylation is 1. The number of hydrogen-bond donors (Lipinski definition) is 0. The molecule has 0 aliphatic carbocycles. The van der Waals surface area contributed by atoms with Gasteiger partial charge in [-0.25, -0.2) is 12.8 Å². The van der Waals surface area contributed by atoms with Gasteiger partial charge in [-0.3, -0.25) is 9.69 Å². The van der Waals surface area contributed by atoms with Crippen molar-refractivity contribution in [1.82, 2.24) is 14.1 Å². The maximum Gasteiger partial charge on any atom is 0.238 e. The topological polar surface area (TPSA) is 70.2 Å². The Hall–Kier alpha value is -2.89. The largest absolute Gasteiger partial charge is 0.379 e. The van der Waals surface area contributed by atoms with Crippen molar-refractivity contribution in [3.8, 4) is 0 Å². The van der Waals surface area contributed by atoms with Crippen LogP contribution in [0.4, 0.5) is 4.39 Å². The van der Waals surface area contributed by atoms with Crippen LogP contribution >= 0.6 is 11.3 Å². The van der Waals surface area contributed by atoms with Crippen LogP contribution in [0.1, 0.15) is 21.6 Å². The number of halogens is 1. The molecule has 3 aromatic rings. The molecular weight excluding hydrogens is 537 g/mol. The monoisotopic (exact) mass is 571 g/mol. The van der Waals surface area contributed by atoms with Crippen LogP contribution in [0, 0.1) is 12.7 Å². The third-order valence-corrected chi connectivity index (χ3v) is 9.13. The van der Waals surface area contributed by atoms with E-state index in [1.807, 2.05) is 48.7 Å². The SMILES string of the molecule is Cc1ccsc1CN(Cc1ccc(F)cc1)C(=O)CN(CCN1CCOCC1)S(=O)(=O)C=Cc1ccccc1. The summed E-state index contributed by atoms with van der Waals surface area (Å²) in [6.45, 7) is 5.59. The second kappa shape index (κ2) is 14.0. The molecule has 0 spiro atoms. The van der Waals surface area contributed by atoms with Crippen LogP contribution in [0.2, 0.25) is 0 Å². The lowest BCUT2D eigenvalue weighted by molar-refractivity contribution is -0.132. The molecule has 7 nitrogen and oxygen atoms in total. The first kappa shape index (κ1) is 29.1. The Bertz CT molecular complexity index is 1340. The van der Waals surface area contributed by atoms with E-state index in [-0.39, 0.29) is 31.4 Å². The molecule has 2 aromatic carbocycles. The van der Waals surface area contributed by atoms with E-state index in [1.54, 1.807) is 34.4 Å². The quantitative estimate of drug-likeness (QED) is 0.323. The van der Waals surface area contributed by atoms with Crippen LogP contribution in [0.15, 0.2) is 71.5 Å². The van der Waals surface area contributed by atoms with E-state index in [0.29, 0.717) is 26.3 Å². The van der Waals surface area contributed by atoms with Gasteiger partial charge < -0.3 is 9.64 Å². The van der Waals surface area contributed by atoms with Crippen molar-refractivity contribution in [3.05, 3.63) is 98.8 Å². The highest BCUT2D eigenvalue weighted by Gasteiger charge is 2.27. The molecule has 10 heteroatoms. The van der Waals surface area contributed by atoms with Crippen molar-refractivity contribution in [3.63, 3.8) is 0 Å². The molecule has 0 atom stereocenters.